The lowest BCUT2D eigenvalue weighted by atomic mass is 9.71. The summed E-state index contributed by atoms with van der Waals surface area (Å²) in [5.41, 5.74) is 4.54. The monoisotopic (exact) mass is 445 g/mol. The maximum absolute atomic E-state index is 13.4. The van der Waals surface area contributed by atoms with E-state index in [4.69, 9.17) is 4.98 Å². The molecule has 7 heteroatoms. The van der Waals surface area contributed by atoms with Gasteiger partial charge < -0.3 is 14.8 Å². The summed E-state index contributed by atoms with van der Waals surface area (Å²) in [6, 6.07) is 8.30. The smallest absolute Gasteiger partial charge is 0.219 e. The molecule has 7 nitrogen and oxygen atoms in total. The normalized spacial score (nSPS) is 18.5. The van der Waals surface area contributed by atoms with Crippen molar-refractivity contribution in [2.75, 3.05) is 31.1 Å². The molecule has 1 aliphatic heterocycles. The highest BCUT2D eigenvalue weighted by atomic mass is 16.2. The number of benzene rings is 1. The highest BCUT2D eigenvalue weighted by molar-refractivity contribution is 6.08. The molecule has 1 aliphatic carbocycles. The van der Waals surface area contributed by atoms with Crippen molar-refractivity contribution in [1.82, 2.24) is 19.9 Å². The largest absolute Gasteiger partial charge is 0.368 e. The molecule has 0 radical (unpaired) electrons. The molecule has 1 N–H and O–H groups in total. The van der Waals surface area contributed by atoms with E-state index in [1.54, 1.807) is 19.3 Å². The Morgan fingerprint density at radius 3 is 2.36 bits per heavy atom. The second-order valence-electron chi connectivity index (χ2n) is 9.65. The van der Waals surface area contributed by atoms with Gasteiger partial charge in [0.05, 0.1) is 17.5 Å². The van der Waals surface area contributed by atoms with Crippen LogP contribution in [0.2, 0.25) is 0 Å². The van der Waals surface area contributed by atoms with Gasteiger partial charge in [0.15, 0.2) is 11.4 Å². The Balaban J connectivity index is 1.37. The van der Waals surface area contributed by atoms with Gasteiger partial charge in [0.25, 0.3) is 0 Å². The van der Waals surface area contributed by atoms with Crippen LogP contribution in [0.5, 0.6) is 0 Å². The number of nitrogens with one attached hydrogen (secondary N) is 1. The van der Waals surface area contributed by atoms with Crippen LogP contribution in [0.4, 0.5) is 5.69 Å². The van der Waals surface area contributed by atoms with Crippen LogP contribution in [0.3, 0.4) is 0 Å². The average molecular weight is 446 g/mol. The molecule has 2 aliphatic rings. The Morgan fingerprint density at radius 1 is 1.00 bits per heavy atom. The van der Waals surface area contributed by atoms with Crippen molar-refractivity contribution in [2.24, 2.45) is 5.41 Å². The number of aromatic nitrogens is 3. The van der Waals surface area contributed by atoms with Crippen molar-refractivity contribution in [3.05, 3.63) is 42.2 Å². The SMILES string of the molecule is CC(=O)N1CCN(c2ccc(-c3cnc4[nH]cc(C(=O)C5(C)CCCCC5)c4n3)cc2)CC1. The number of H-pyrrole nitrogens is 1. The third kappa shape index (κ3) is 4.12. The zero-order valence-corrected chi connectivity index (χ0v) is 19.4. The second kappa shape index (κ2) is 8.61. The zero-order valence-electron chi connectivity index (χ0n) is 19.4. The van der Waals surface area contributed by atoms with Crippen LogP contribution >= 0.6 is 0 Å². The fraction of sp³-hybridized carbons (Fsp3) is 0.462. The van der Waals surface area contributed by atoms with Gasteiger partial charge in [0.2, 0.25) is 5.91 Å². The molecular weight excluding hydrogens is 414 g/mol. The standard InChI is InChI=1S/C26H31N5O2/c1-18(32)30-12-14-31(15-13-30)20-8-6-19(7-9-20)22-17-28-25-23(29-22)21(16-27-25)24(33)26(2)10-4-3-5-11-26/h6-9,16-17H,3-5,10-15H2,1-2H3,(H,27,28). The first-order valence-electron chi connectivity index (χ1n) is 11.9. The van der Waals surface area contributed by atoms with E-state index < -0.39 is 0 Å². The molecule has 0 spiro atoms. The van der Waals surface area contributed by atoms with E-state index in [0.29, 0.717) is 16.7 Å². The van der Waals surface area contributed by atoms with E-state index in [1.807, 2.05) is 4.90 Å². The van der Waals surface area contributed by atoms with Crippen LogP contribution in [-0.4, -0.2) is 57.7 Å². The average Bonchev–Trinajstić information content (AvgIpc) is 3.27. The van der Waals surface area contributed by atoms with Gasteiger partial charge in [-0.2, -0.15) is 0 Å². The maximum Gasteiger partial charge on any atom is 0.219 e. The van der Waals surface area contributed by atoms with Gasteiger partial charge in [-0.25, -0.2) is 9.97 Å². The van der Waals surface area contributed by atoms with E-state index in [-0.39, 0.29) is 17.1 Å². The Kier molecular flexibility index (Phi) is 5.64. The number of Topliss-reactive ketones (excluding diaryl/α,β-unsaturated/α-hetero) is 1. The molecule has 33 heavy (non-hydrogen) atoms. The van der Waals surface area contributed by atoms with Crippen LogP contribution in [0.1, 0.15) is 56.3 Å². The molecule has 3 heterocycles. The number of amides is 1. The Hall–Kier alpha value is -3.22. The number of piperazine rings is 1. The lowest BCUT2D eigenvalue weighted by Gasteiger charge is -2.35. The van der Waals surface area contributed by atoms with Crippen LogP contribution in [-0.2, 0) is 4.79 Å². The third-order valence-corrected chi connectivity index (χ3v) is 7.38. The Morgan fingerprint density at radius 2 is 1.70 bits per heavy atom. The molecule has 0 bridgehead atoms. The van der Waals surface area contributed by atoms with E-state index in [2.05, 4.69) is 46.1 Å². The third-order valence-electron chi connectivity index (χ3n) is 7.38. The first-order valence-corrected chi connectivity index (χ1v) is 11.9. The van der Waals surface area contributed by atoms with E-state index in [9.17, 15) is 9.59 Å². The number of carbonyl (C=O) groups excluding carboxylic acids is 2. The number of nitrogens with zero attached hydrogens (tertiary/aromatic N) is 4. The van der Waals surface area contributed by atoms with Gasteiger partial charge in [0, 0.05) is 56.0 Å². The quantitative estimate of drug-likeness (QED) is 0.600. The number of hydrogen-bond donors (Lipinski definition) is 1. The number of ketones is 1. The lowest BCUT2D eigenvalue weighted by Crippen LogP contribution is -2.48. The second-order valence-corrected chi connectivity index (χ2v) is 9.65. The minimum Gasteiger partial charge on any atom is -0.368 e. The summed E-state index contributed by atoms with van der Waals surface area (Å²) in [6.07, 6.45) is 8.84. The highest BCUT2D eigenvalue weighted by Crippen LogP contribution is 2.39. The minimum absolute atomic E-state index is 0.138. The number of aromatic amines is 1. The summed E-state index contributed by atoms with van der Waals surface area (Å²) in [7, 11) is 0. The van der Waals surface area contributed by atoms with E-state index >= 15 is 0 Å². The summed E-state index contributed by atoms with van der Waals surface area (Å²) in [4.78, 5) is 41.7. The van der Waals surface area contributed by atoms with Crippen molar-refractivity contribution in [3.8, 4) is 11.3 Å². The van der Waals surface area contributed by atoms with Gasteiger partial charge in [-0.15, -0.1) is 0 Å². The minimum atomic E-state index is -0.306. The molecule has 5 rings (SSSR count). The Bertz CT molecular complexity index is 1170. The first kappa shape index (κ1) is 21.6. The number of carbonyl (C=O) groups is 2. The van der Waals surface area contributed by atoms with Crippen molar-refractivity contribution in [2.45, 2.75) is 46.0 Å². The molecular formula is C26H31N5O2. The van der Waals surface area contributed by atoms with Crippen LogP contribution in [0.15, 0.2) is 36.7 Å². The molecule has 1 saturated carbocycles. The van der Waals surface area contributed by atoms with Crippen LogP contribution < -0.4 is 4.90 Å². The predicted molar refractivity (Wildman–Crippen MR) is 129 cm³/mol. The fourth-order valence-electron chi connectivity index (χ4n) is 5.21. The predicted octanol–water partition coefficient (Wildman–Crippen LogP) is 4.45. The Labute approximate surface area is 194 Å². The highest BCUT2D eigenvalue weighted by Gasteiger charge is 2.36. The topological polar surface area (TPSA) is 82.2 Å². The number of rotatable bonds is 4. The zero-order chi connectivity index (χ0) is 23.0. The van der Waals surface area contributed by atoms with Gasteiger partial charge in [-0.3, -0.25) is 9.59 Å². The first-order chi connectivity index (χ1) is 15.9. The number of fused-ring (bicyclic) bond motifs is 1. The maximum atomic E-state index is 13.4. The van der Waals surface area contributed by atoms with Crippen LogP contribution in [0, 0.1) is 5.41 Å². The molecule has 1 saturated heterocycles. The molecule has 172 valence electrons. The van der Waals surface area contributed by atoms with Crippen molar-refractivity contribution in [1.29, 1.82) is 0 Å². The van der Waals surface area contributed by atoms with Crippen LogP contribution in [0.25, 0.3) is 22.4 Å². The molecule has 0 unspecified atom stereocenters. The molecule has 2 fully saturated rings. The molecule has 2 aromatic heterocycles. The summed E-state index contributed by atoms with van der Waals surface area (Å²) in [5, 5.41) is 0. The van der Waals surface area contributed by atoms with E-state index in [0.717, 1.165) is 68.8 Å². The summed E-state index contributed by atoms with van der Waals surface area (Å²) >= 11 is 0. The van der Waals surface area contributed by atoms with Gasteiger partial charge in [-0.1, -0.05) is 38.3 Å². The number of hydrogen-bond acceptors (Lipinski definition) is 5. The number of anilines is 1. The summed E-state index contributed by atoms with van der Waals surface area (Å²) < 4.78 is 0. The summed E-state index contributed by atoms with van der Waals surface area (Å²) in [5.74, 6) is 0.319. The fourth-order valence-corrected chi connectivity index (χ4v) is 5.21. The van der Waals surface area contributed by atoms with Crippen molar-refractivity contribution < 1.29 is 9.59 Å². The summed E-state index contributed by atoms with van der Waals surface area (Å²) in [6.45, 7) is 6.89. The van der Waals surface area contributed by atoms with E-state index in [1.165, 1.54) is 6.42 Å². The van der Waals surface area contributed by atoms with Gasteiger partial charge in [0.1, 0.15) is 5.52 Å². The molecule has 1 aromatic carbocycles. The molecule has 3 aromatic rings. The molecule has 1 amide bonds. The van der Waals surface area contributed by atoms with Gasteiger partial charge >= 0.3 is 0 Å². The van der Waals surface area contributed by atoms with Crippen molar-refractivity contribution in [3.63, 3.8) is 0 Å². The lowest BCUT2D eigenvalue weighted by molar-refractivity contribution is -0.129. The molecule has 0 atom stereocenters. The van der Waals surface area contributed by atoms with Gasteiger partial charge in [-0.05, 0) is 25.0 Å². The van der Waals surface area contributed by atoms with Crippen molar-refractivity contribution >= 4 is 28.5 Å².